The van der Waals surface area contributed by atoms with Crippen LogP contribution in [0.4, 0.5) is 0 Å². The monoisotopic (exact) mass is 307 g/mol. The zero-order valence-corrected chi connectivity index (χ0v) is 13.6. The fourth-order valence-electron chi connectivity index (χ4n) is 3.62. The van der Waals surface area contributed by atoms with Crippen molar-refractivity contribution in [3.05, 3.63) is 23.4 Å². The van der Waals surface area contributed by atoms with Gasteiger partial charge in [-0.2, -0.15) is 0 Å². The van der Waals surface area contributed by atoms with Crippen molar-refractivity contribution in [3.63, 3.8) is 0 Å². The van der Waals surface area contributed by atoms with E-state index in [2.05, 4.69) is 4.90 Å². The van der Waals surface area contributed by atoms with E-state index in [1.54, 1.807) is 13.1 Å². The van der Waals surface area contributed by atoms with Crippen LogP contribution in [0.3, 0.4) is 0 Å². The minimum Gasteiger partial charge on any atom is -0.465 e. The number of esters is 1. The standard InChI is InChI=1S/C17H25NO4/c1-13(4-11-19)14(15(20)22-3)12-18(2)16-5-8-17(21,9-6-16)10-7-16/h4,11-12,21H,5-10H2,1-3H3/b13-4-,14-12+. The van der Waals surface area contributed by atoms with Crippen molar-refractivity contribution in [2.75, 3.05) is 14.2 Å². The molecule has 0 atom stereocenters. The summed E-state index contributed by atoms with van der Waals surface area (Å²) in [5.41, 5.74) is 0.502. The van der Waals surface area contributed by atoms with Gasteiger partial charge in [-0.15, -0.1) is 0 Å². The second kappa shape index (κ2) is 6.24. The highest BCUT2D eigenvalue weighted by Gasteiger charge is 2.49. The number of carbonyl (C=O) groups is 2. The van der Waals surface area contributed by atoms with Crippen LogP contribution >= 0.6 is 0 Å². The topological polar surface area (TPSA) is 66.8 Å². The fourth-order valence-corrected chi connectivity index (χ4v) is 3.62. The minimum absolute atomic E-state index is 0.00872. The number of aldehydes is 1. The summed E-state index contributed by atoms with van der Waals surface area (Å²) in [7, 11) is 3.30. The third-order valence-electron chi connectivity index (χ3n) is 5.39. The Balaban J connectivity index is 2.26. The second-order valence-corrected chi connectivity index (χ2v) is 6.58. The molecule has 0 aromatic rings. The lowest BCUT2D eigenvalue weighted by atomic mass is 9.62. The van der Waals surface area contributed by atoms with Crippen LogP contribution in [-0.4, -0.2) is 47.6 Å². The first-order chi connectivity index (χ1) is 10.4. The molecular formula is C17H25NO4. The van der Waals surface area contributed by atoms with Crippen LogP contribution in [0.1, 0.15) is 45.4 Å². The highest BCUT2D eigenvalue weighted by atomic mass is 16.5. The lowest BCUT2D eigenvalue weighted by Gasteiger charge is -2.54. The van der Waals surface area contributed by atoms with Crippen molar-refractivity contribution in [1.29, 1.82) is 0 Å². The third-order valence-corrected chi connectivity index (χ3v) is 5.39. The fraction of sp³-hybridized carbons (Fsp3) is 0.647. The van der Waals surface area contributed by atoms with Crippen molar-refractivity contribution in [3.8, 4) is 0 Å². The molecule has 0 aromatic carbocycles. The van der Waals surface area contributed by atoms with Crippen LogP contribution < -0.4 is 0 Å². The van der Waals surface area contributed by atoms with Gasteiger partial charge in [-0.1, -0.05) is 0 Å². The van der Waals surface area contributed by atoms with Gasteiger partial charge in [-0.05, 0) is 57.1 Å². The Hall–Kier alpha value is -1.62. The molecule has 0 unspecified atom stereocenters. The van der Waals surface area contributed by atoms with Gasteiger partial charge in [0.2, 0.25) is 0 Å². The predicted molar refractivity (Wildman–Crippen MR) is 83.1 cm³/mol. The average molecular weight is 307 g/mol. The molecule has 22 heavy (non-hydrogen) atoms. The van der Waals surface area contributed by atoms with Crippen LogP contribution in [-0.2, 0) is 14.3 Å². The van der Waals surface area contributed by atoms with Crippen LogP contribution in [0.25, 0.3) is 0 Å². The van der Waals surface area contributed by atoms with Crippen LogP contribution in [0.15, 0.2) is 23.4 Å². The van der Waals surface area contributed by atoms with Crippen LogP contribution in [0, 0.1) is 0 Å². The van der Waals surface area contributed by atoms with E-state index in [4.69, 9.17) is 4.74 Å². The molecule has 0 amide bonds. The molecular weight excluding hydrogens is 282 g/mol. The van der Waals surface area contributed by atoms with Crippen molar-refractivity contribution in [2.24, 2.45) is 0 Å². The van der Waals surface area contributed by atoms with E-state index in [9.17, 15) is 14.7 Å². The van der Waals surface area contributed by atoms with E-state index in [1.165, 1.54) is 13.2 Å². The Labute approximate surface area is 131 Å². The number of aliphatic hydroxyl groups is 1. The summed E-state index contributed by atoms with van der Waals surface area (Å²) < 4.78 is 4.83. The highest BCUT2D eigenvalue weighted by Crippen LogP contribution is 2.49. The van der Waals surface area contributed by atoms with Crippen LogP contribution in [0.2, 0.25) is 0 Å². The molecule has 3 rings (SSSR count). The summed E-state index contributed by atoms with van der Waals surface area (Å²) in [4.78, 5) is 24.8. The Morgan fingerprint density at radius 2 is 1.73 bits per heavy atom. The van der Waals surface area contributed by atoms with E-state index in [0.717, 1.165) is 38.5 Å². The lowest BCUT2D eigenvalue weighted by Crippen LogP contribution is -2.56. The zero-order chi connectivity index (χ0) is 16.4. The Morgan fingerprint density at radius 3 is 2.18 bits per heavy atom. The Morgan fingerprint density at radius 1 is 1.18 bits per heavy atom. The van der Waals surface area contributed by atoms with E-state index in [-0.39, 0.29) is 5.54 Å². The molecule has 3 aliphatic carbocycles. The number of methoxy groups -OCH3 is 1. The molecule has 0 aliphatic heterocycles. The maximum atomic E-state index is 12.0. The second-order valence-electron chi connectivity index (χ2n) is 6.58. The third kappa shape index (κ3) is 3.09. The number of carbonyl (C=O) groups excluding carboxylic acids is 2. The SMILES string of the molecule is COC(=O)C(=C/N(C)C12CCC(O)(CC1)CC2)/C(C)=C\C=O. The molecule has 2 bridgehead atoms. The largest absolute Gasteiger partial charge is 0.465 e. The molecule has 5 nitrogen and oxygen atoms in total. The maximum absolute atomic E-state index is 12.0. The highest BCUT2D eigenvalue weighted by molar-refractivity contribution is 5.94. The number of nitrogens with zero attached hydrogens (tertiary/aromatic N) is 1. The van der Waals surface area contributed by atoms with Crippen molar-refractivity contribution in [2.45, 2.75) is 56.6 Å². The Kier molecular flexibility index (Phi) is 4.75. The lowest BCUT2D eigenvalue weighted by molar-refractivity contribution is -0.136. The van der Waals surface area contributed by atoms with Gasteiger partial charge in [0.25, 0.3) is 0 Å². The first-order valence-corrected chi connectivity index (χ1v) is 7.74. The molecule has 3 fully saturated rings. The number of fused-ring (bicyclic) bond motifs is 3. The van der Waals surface area contributed by atoms with Gasteiger partial charge in [-0.3, -0.25) is 4.79 Å². The molecule has 0 aromatic heterocycles. The quantitative estimate of drug-likeness (QED) is 0.364. The molecule has 1 N–H and O–H groups in total. The van der Waals surface area contributed by atoms with Crippen LogP contribution in [0.5, 0.6) is 0 Å². The minimum atomic E-state index is -0.481. The molecule has 3 aliphatic rings. The van der Waals surface area contributed by atoms with Gasteiger partial charge in [0.15, 0.2) is 0 Å². The van der Waals surface area contributed by atoms with Gasteiger partial charge < -0.3 is 14.7 Å². The van der Waals surface area contributed by atoms with Crippen molar-refractivity contribution >= 4 is 12.3 Å². The number of ether oxygens (including phenoxy) is 1. The summed E-state index contributed by atoms with van der Waals surface area (Å²) in [6.45, 7) is 1.73. The van der Waals surface area contributed by atoms with Gasteiger partial charge >= 0.3 is 5.97 Å². The van der Waals surface area contributed by atoms with E-state index in [0.29, 0.717) is 17.4 Å². The van der Waals surface area contributed by atoms with E-state index in [1.807, 2.05) is 7.05 Å². The molecule has 0 saturated heterocycles. The zero-order valence-electron chi connectivity index (χ0n) is 13.6. The Bertz CT molecular complexity index is 496. The molecule has 5 heteroatoms. The molecule has 0 heterocycles. The van der Waals surface area contributed by atoms with Crippen molar-refractivity contribution in [1.82, 2.24) is 4.90 Å². The summed E-state index contributed by atoms with van der Waals surface area (Å²) in [5, 5.41) is 10.3. The van der Waals surface area contributed by atoms with Gasteiger partial charge in [-0.25, -0.2) is 4.79 Å². The number of allylic oxidation sites excluding steroid dienone is 1. The molecule has 0 radical (unpaired) electrons. The first-order valence-electron chi connectivity index (χ1n) is 7.74. The first kappa shape index (κ1) is 16.7. The van der Waals surface area contributed by atoms with Gasteiger partial charge in [0.1, 0.15) is 6.29 Å². The summed E-state index contributed by atoms with van der Waals surface area (Å²) in [5.74, 6) is -0.443. The smallest absolute Gasteiger partial charge is 0.339 e. The number of hydrogen-bond donors (Lipinski definition) is 1. The average Bonchev–Trinajstić information content (AvgIpc) is 2.52. The normalized spacial score (nSPS) is 31.8. The van der Waals surface area contributed by atoms with Gasteiger partial charge in [0, 0.05) is 18.8 Å². The molecule has 0 spiro atoms. The van der Waals surface area contributed by atoms with E-state index < -0.39 is 11.6 Å². The van der Waals surface area contributed by atoms with E-state index >= 15 is 0 Å². The molecule has 3 saturated carbocycles. The summed E-state index contributed by atoms with van der Waals surface area (Å²) in [6.07, 6.45) is 9.01. The number of hydrogen-bond acceptors (Lipinski definition) is 5. The molecule has 122 valence electrons. The van der Waals surface area contributed by atoms with Crippen molar-refractivity contribution < 1.29 is 19.4 Å². The summed E-state index contributed by atoms with van der Waals surface area (Å²) in [6, 6.07) is 0. The predicted octanol–water partition coefficient (Wildman–Crippen LogP) is 1.96. The maximum Gasteiger partial charge on any atom is 0.339 e. The number of rotatable bonds is 5. The summed E-state index contributed by atoms with van der Waals surface area (Å²) >= 11 is 0. The van der Waals surface area contributed by atoms with Gasteiger partial charge in [0.05, 0.1) is 18.3 Å².